The standard InChI is InChI=1S/C24H31N3O2/c1-17(2)25-24(29)22-16-21(26-18(3)28)9-10-23(22)27-13-11-20(12-14-27)15-19-7-5-4-6-8-19/h4-10,16-17,20H,11-15H2,1-3H3,(H,25,29)(H,26,28). The van der Waals surface area contributed by atoms with E-state index in [0.717, 1.165) is 38.0 Å². The number of anilines is 2. The molecule has 0 radical (unpaired) electrons. The highest BCUT2D eigenvalue weighted by Gasteiger charge is 2.24. The van der Waals surface area contributed by atoms with Crippen molar-refractivity contribution < 1.29 is 9.59 Å². The van der Waals surface area contributed by atoms with Crippen LogP contribution >= 0.6 is 0 Å². The Balaban J connectivity index is 1.73. The summed E-state index contributed by atoms with van der Waals surface area (Å²) in [6, 6.07) is 16.3. The van der Waals surface area contributed by atoms with E-state index >= 15 is 0 Å². The topological polar surface area (TPSA) is 61.4 Å². The number of hydrogen-bond donors (Lipinski definition) is 2. The zero-order chi connectivity index (χ0) is 20.8. The SMILES string of the molecule is CC(=O)Nc1ccc(N2CCC(Cc3ccccc3)CC2)c(C(=O)NC(C)C)c1. The molecule has 2 amide bonds. The Bertz CT molecular complexity index is 840. The number of carbonyl (C=O) groups is 2. The molecule has 154 valence electrons. The average molecular weight is 394 g/mol. The lowest BCUT2D eigenvalue weighted by Crippen LogP contribution is -2.37. The molecule has 2 aromatic carbocycles. The molecule has 1 aliphatic heterocycles. The summed E-state index contributed by atoms with van der Waals surface area (Å²) in [6.07, 6.45) is 3.32. The quantitative estimate of drug-likeness (QED) is 0.772. The molecule has 29 heavy (non-hydrogen) atoms. The predicted octanol–water partition coefficient (Wildman–Crippen LogP) is 4.24. The van der Waals surface area contributed by atoms with Crippen LogP contribution in [0.3, 0.4) is 0 Å². The van der Waals surface area contributed by atoms with Crippen LogP contribution < -0.4 is 15.5 Å². The number of nitrogens with one attached hydrogen (secondary N) is 2. The van der Waals surface area contributed by atoms with E-state index in [4.69, 9.17) is 0 Å². The number of carbonyl (C=O) groups excluding carboxylic acids is 2. The van der Waals surface area contributed by atoms with Crippen LogP contribution in [0.25, 0.3) is 0 Å². The van der Waals surface area contributed by atoms with Crippen molar-refractivity contribution in [3.63, 3.8) is 0 Å². The molecular formula is C24H31N3O2. The van der Waals surface area contributed by atoms with E-state index in [0.29, 0.717) is 17.2 Å². The summed E-state index contributed by atoms with van der Waals surface area (Å²) in [6.45, 7) is 7.23. The summed E-state index contributed by atoms with van der Waals surface area (Å²) in [7, 11) is 0. The van der Waals surface area contributed by atoms with Gasteiger partial charge in [-0.1, -0.05) is 30.3 Å². The summed E-state index contributed by atoms with van der Waals surface area (Å²) in [5.74, 6) is 0.420. The first-order chi connectivity index (χ1) is 13.9. The maximum atomic E-state index is 12.8. The molecule has 0 unspecified atom stereocenters. The summed E-state index contributed by atoms with van der Waals surface area (Å²) in [5.41, 5.74) is 3.60. The number of amides is 2. The first kappa shape index (κ1) is 20.9. The second-order valence-corrected chi connectivity index (χ2v) is 8.16. The zero-order valence-corrected chi connectivity index (χ0v) is 17.6. The van der Waals surface area contributed by atoms with Crippen molar-refractivity contribution in [1.82, 2.24) is 5.32 Å². The highest BCUT2D eigenvalue weighted by Crippen LogP contribution is 2.30. The van der Waals surface area contributed by atoms with Gasteiger partial charge in [0.15, 0.2) is 0 Å². The molecule has 2 N–H and O–H groups in total. The fourth-order valence-corrected chi connectivity index (χ4v) is 3.94. The van der Waals surface area contributed by atoms with Crippen molar-refractivity contribution >= 4 is 23.2 Å². The van der Waals surface area contributed by atoms with Gasteiger partial charge in [0, 0.05) is 37.4 Å². The number of rotatable bonds is 6. The molecule has 0 atom stereocenters. The van der Waals surface area contributed by atoms with Crippen LogP contribution in [0.1, 0.15) is 49.5 Å². The summed E-state index contributed by atoms with van der Waals surface area (Å²) in [5, 5.41) is 5.76. The van der Waals surface area contributed by atoms with Gasteiger partial charge in [0.05, 0.1) is 5.56 Å². The molecule has 0 spiro atoms. The summed E-state index contributed by atoms with van der Waals surface area (Å²) < 4.78 is 0. The highest BCUT2D eigenvalue weighted by molar-refractivity contribution is 6.02. The van der Waals surface area contributed by atoms with Gasteiger partial charge in [-0.3, -0.25) is 9.59 Å². The Morgan fingerprint density at radius 3 is 2.38 bits per heavy atom. The first-order valence-electron chi connectivity index (χ1n) is 10.4. The molecule has 0 aliphatic carbocycles. The maximum Gasteiger partial charge on any atom is 0.253 e. The predicted molar refractivity (Wildman–Crippen MR) is 118 cm³/mol. The third-order valence-electron chi connectivity index (χ3n) is 5.30. The monoisotopic (exact) mass is 393 g/mol. The van der Waals surface area contributed by atoms with Crippen LogP contribution in [-0.2, 0) is 11.2 Å². The largest absolute Gasteiger partial charge is 0.371 e. The molecule has 2 aromatic rings. The molecule has 5 heteroatoms. The van der Waals surface area contributed by atoms with E-state index in [9.17, 15) is 9.59 Å². The van der Waals surface area contributed by atoms with Gasteiger partial charge in [-0.15, -0.1) is 0 Å². The van der Waals surface area contributed by atoms with Crippen molar-refractivity contribution in [2.45, 2.75) is 46.1 Å². The van der Waals surface area contributed by atoms with Crippen LogP contribution in [0.4, 0.5) is 11.4 Å². The van der Waals surface area contributed by atoms with Gasteiger partial charge in [0.25, 0.3) is 5.91 Å². The average Bonchev–Trinajstić information content (AvgIpc) is 2.68. The Labute approximate surface area is 173 Å². The second-order valence-electron chi connectivity index (χ2n) is 8.16. The molecule has 1 heterocycles. The van der Waals surface area contributed by atoms with Crippen molar-refractivity contribution in [2.24, 2.45) is 5.92 Å². The summed E-state index contributed by atoms with van der Waals surface area (Å²) >= 11 is 0. The normalized spacial score (nSPS) is 14.7. The molecule has 5 nitrogen and oxygen atoms in total. The van der Waals surface area contributed by atoms with Crippen molar-refractivity contribution in [2.75, 3.05) is 23.3 Å². The van der Waals surface area contributed by atoms with Crippen molar-refractivity contribution in [3.8, 4) is 0 Å². The van der Waals surface area contributed by atoms with E-state index in [1.54, 1.807) is 6.07 Å². The zero-order valence-electron chi connectivity index (χ0n) is 17.6. The fourth-order valence-electron chi connectivity index (χ4n) is 3.94. The lowest BCUT2D eigenvalue weighted by atomic mass is 9.89. The first-order valence-corrected chi connectivity index (χ1v) is 10.4. The molecule has 3 rings (SSSR count). The van der Waals surface area contributed by atoms with E-state index < -0.39 is 0 Å². The van der Waals surface area contributed by atoms with Gasteiger partial charge < -0.3 is 15.5 Å². The number of piperidine rings is 1. The molecule has 1 saturated heterocycles. The van der Waals surface area contributed by atoms with Gasteiger partial charge in [-0.2, -0.15) is 0 Å². The lowest BCUT2D eigenvalue weighted by Gasteiger charge is -2.35. The number of nitrogens with zero attached hydrogens (tertiary/aromatic N) is 1. The van der Waals surface area contributed by atoms with Crippen LogP contribution in [-0.4, -0.2) is 30.9 Å². The van der Waals surface area contributed by atoms with Crippen LogP contribution in [0.5, 0.6) is 0 Å². The van der Waals surface area contributed by atoms with E-state index in [1.165, 1.54) is 12.5 Å². The van der Waals surface area contributed by atoms with Gasteiger partial charge in [-0.05, 0) is 62.8 Å². The minimum absolute atomic E-state index is 0.0522. The smallest absolute Gasteiger partial charge is 0.253 e. The molecule has 1 aliphatic rings. The lowest BCUT2D eigenvalue weighted by molar-refractivity contribution is -0.114. The van der Waals surface area contributed by atoms with Crippen molar-refractivity contribution in [1.29, 1.82) is 0 Å². The molecule has 0 aromatic heterocycles. The minimum Gasteiger partial charge on any atom is -0.371 e. The molecule has 0 bridgehead atoms. The summed E-state index contributed by atoms with van der Waals surface area (Å²) in [4.78, 5) is 26.5. The second kappa shape index (κ2) is 9.59. The Morgan fingerprint density at radius 1 is 1.07 bits per heavy atom. The van der Waals surface area contributed by atoms with Gasteiger partial charge in [0.2, 0.25) is 5.91 Å². The van der Waals surface area contributed by atoms with Crippen LogP contribution in [0.15, 0.2) is 48.5 Å². The van der Waals surface area contributed by atoms with E-state index in [-0.39, 0.29) is 17.9 Å². The molecule has 1 fully saturated rings. The number of benzene rings is 2. The Hall–Kier alpha value is -2.82. The fraction of sp³-hybridized carbons (Fsp3) is 0.417. The van der Waals surface area contributed by atoms with Gasteiger partial charge >= 0.3 is 0 Å². The van der Waals surface area contributed by atoms with Gasteiger partial charge in [0.1, 0.15) is 0 Å². The maximum absolute atomic E-state index is 12.8. The van der Waals surface area contributed by atoms with Crippen LogP contribution in [0.2, 0.25) is 0 Å². The Morgan fingerprint density at radius 2 is 1.76 bits per heavy atom. The molecule has 0 saturated carbocycles. The highest BCUT2D eigenvalue weighted by atomic mass is 16.2. The van der Waals surface area contributed by atoms with E-state index in [2.05, 4.69) is 45.9 Å². The van der Waals surface area contributed by atoms with E-state index in [1.807, 2.05) is 26.0 Å². The van der Waals surface area contributed by atoms with Gasteiger partial charge in [-0.25, -0.2) is 0 Å². The Kier molecular flexibility index (Phi) is 6.91. The minimum atomic E-state index is -0.144. The third-order valence-corrected chi connectivity index (χ3v) is 5.30. The third kappa shape index (κ3) is 5.83. The molecular weight excluding hydrogens is 362 g/mol. The van der Waals surface area contributed by atoms with Crippen molar-refractivity contribution in [3.05, 3.63) is 59.7 Å². The van der Waals surface area contributed by atoms with Crippen LogP contribution in [0, 0.1) is 5.92 Å². The number of hydrogen-bond acceptors (Lipinski definition) is 3.